The maximum absolute atomic E-state index is 13.0. The minimum Gasteiger partial charge on any atom is -0.507 e. The molecule has 29 heavy (non-hydrogen) atoms. The van der Waals surface area contributed by atoms with Crippen molar-refractivity contribution < 1.29 is 47.7 Å². The monoisotopic (exact) mass is 424 g/mol. The van der Waals surface area contributed by atoms with Gasteiger partial charge in [0.2, 0.25) is 11.6 Å². The Kier molecular flexibility index (Phi) is 4.66. The lowest BCUT2D eigenvalue weighted by atomic mass is 9.81. The minimum absolute atomic E-state index is 0.225. The second kappa shape index (κ2) is 6.73. The number of carbonyl (C=O) groups excluding carboxylic acids is 3. The van der Waals surface area contributed by atoms with Crippen LogP contribution in [0.3, 0.4) is 0 Å². The third kappa shape index (κ3) is 3.12. The van der Waals surface area contributed by atoms with Crippen LogP contribution >= 0.6 is 0 Å². The van der Waals surface area contributed by atoms with Gasteiger partial charge in [-0.15, -0.1) is 0 Å². The van der Waals surface area contributed by atoms with Crippen LogP contribution in [0.4, 0.5) is 11.4 Å². The van der Waals surface area contributed by atoms with Gasteiger partial charge in [0.05, 0.1) is 22.3 Å². The summed E-state index contributed by atoms with van der Waals surface area (Å²) in [4.78, 5) is 39.4. The number of phenols is 2. The number of hydrogen-bond donors (Lipinski definition) is 6. The molecule has 0 bridgehead atoms. The Morgan fingerprint density at radius 2 is 1.69 bits per heavy atom. The molecule has 0 aliphatic heterocycles. The number of phenolic OH excluding ortho intramolecular Hbond substituents is 2. The molecule has 0 saturated carbocycles. The summed E-state index contributed by atoms with van der Waals surface area (Å²) in [5.41, 5.74) is 2.66. The van der Waals surface area contributed by atoms with Crippen molar-refractivity contribution in [1.29, 1.82) is 0 Å². The number of anilines is 2. The third-order valence-corrected chi connectivity index (χ3v) is 5.06. The highest BCUT2D eigenvalue weighted by atomic mass is 32.2. The highest BCUT2D eigenvalue weighted by molar-refractivity contribution is 7.86. The third-order valence-electron chi connectivity index (χ3n) is 4.19. The van der Waals surface area contributed by atoms with Gasteiger partial charge in [0.25, 0.3) is 10.1 Å². The lowest BCUT2D eigenvalue weighted by molar-refractivity contribution is -0.232. The normalized spacial score (nSPS) is 12.9. The summed E-state index contributed by atoms with van der Waals surface area (Å²) < 4.78 is 32.6. The molecule has 0 heterocycles. The van der Waals surface area contributed by atoms with Gasteiger partial charge in [0.1, 0.15) is 22.9 Å². The Bertz CT molecular complexity index is 1200. The van der Waals surface area contributed by atoms with Crippen LogP contribution < -0.4 is 11.1 Å². The molecule has 0 radical (unpaired) electrons. The van der Waals surface area contributed by atoms with Gasteiger partial charge >= 0.3 is 5.97 Å². The number of nitrogens with two attached hydrogens (primary N) is 1. The molecule has 0 atom stereocenters. The summed E-state index contributed by atoms with van der Waals surface area (Å²) in [6.45, 7) is -0.782. The van der Waals surface area contributed by atoms with Gasteiger partial charge in [0.15, 0.2) is 0 Å². The van der Waals surface area contributed by atoms with Crippen molar-refractivity contribution in [3.05, 3.63) is 40.5 Å². The maximum Gasteiger partial charge on any atom is 0.360 e. The molecule has 2 aromatic carbocycles. The topological polar surface area (TPSA) is 214 Å². The molecular weight excluding hydrogens is 412 g/mol. The van der Waals surface area contributed by atoms with E-state index >= 15 is 0 Å². The molecule has 12 nitrogen and oxygen atoms in total. The second-order valence-corrected chi connectivity index (χ2v) is 7.28. The number of ketones is 2. The zero-order chi connectivity index (χ0) is 21.7. The van der Waals surface area contributed by atoms with Gasteiger partial charge in [-0.3, -0.25) is 19.0 Å². The Morgan fingerprint density at radius 3 is 2.28 bits per heavy atom. The average molecular weight is 424 g/mol. The molecule has 0 aromatic heterocycles. The van der Waals surface area contributed by atoms with Crippen molar-refractivity contribution in [1.82, 2.24) is 0 Å². The first kappa shape index (κ1) is 20.1. The largest absolute Gasteiger partial charge is 0.507 e. The number of nitrogen functional groups attached to an aromatic ring is 1. The minimum atomic E-state index is -5.07. The number of benzene rings is 2. The molecule has 2 aromatic rings. The van der Waals surface area contributed by atoms with Crippen LogP contribution in [-0.2, 0) is 19.8 Å². The SMILES string of the molecule is Nc1ccc(O)c2c1C(=O)c1c(O)c(S(=O)(=O)O)cc(NCC(=O)OO)c1C2=O. The van der Waals surface area contributed by atoms with Crippen LogP contribution in [-0.4, -0.2) is 52.5 Å². The van der Waals surface area contributed by atoms with E-state index in [-0.39, 0.29) is 5.69 Å². The van der Waals surface area contributed by atoms with Crippen molar-refractivity contribution in [2.75, 3.05) is 17.6 Å². The Hall–Kier alpha value is -3.68. The number of hydrogen-bond acceptors (Lipinski definition) is 11. The van der Waals surface area contributed by atoms with Crippen LogP contribution in [0.2, 0.25) is 0 Å². The summed E-state index contributed by atoms with van der Waals surface area (Å²) in [6, 6.07) is 2.80. The average Bonchev–Trinajstić information content (AvgIpc) is 2.65. The van der Waals surface area contributed by atoms with Gasteiger partial charge in [-0.05, 0) is 18.2 Å². The van der Waals surface area contributed by atoms with E-state index in [1.54, 1.807) is 0 Å². The summed E-state index contributed by atoms with van der Waals surface area (Å²) in [5.74, 6) is -5.17. The summed E-state index contributed by atoms with van der Waals surface area (Å²) in [6.07, 6.45) is 0. The number of nitrogens with one attached hydrogen (secondary N) is 1. The molecule has 0 unspecified atom stereocenters. The van der Waals surface area contributed by atoms with E-state index in [0.29, 0.717) is 6.07 Å². The van der Waals surface area contributed by atoms with Gasteiger partial charge in [-0.2, -0.15) is 13.7 Å². The lowest BCUT2D eigenvalue weighted by Crippen LogP contribution is -2.26. The van der Waals surface area contributed by atoms with Crippen molar-refractivity contribution in [3.63, 3.8) is 0 Å². The molecule has 0 amide bonds. The van der Waals surface area contributed by atoms with Crippen molar-refractivity contribution in [2.24, 2.45) is 0 Å². The van der Waals surface area contributed by atoms with Crippen LogP contribution in [0.1, 0.15) is 31.8 Å². The van der Waals surface area contributed by atoms with E-state index in [1.807, 2.05) is 0 Å². The fourth-order valence-electron chi connectivity index (χ4n) is 2.97. The number of rotatable bonds is 4. The summed E-state index contributed by atoms with van der Waals surface area (Å²) in [7, 11) is -5.07. The highest BCUT2D eigenvalue weighted by Gasteiger charge is 2.40. The van der Waals surface area contributed by atoms with Crippen LogP contribution in [0.15, 0.2) is 23.1 Å². The summed E-state index contributed by atoms with van der Waals surface area (Å²) >= 11 is 0. The van der Waals surface area contributed by atoms with E-state index in [2.05, 4.69) is 10.2 Å². The van der Waals surface area contributed by atoms with Crippen LogP contribution in [0.5, 0.6) is 11.5 Å². The van der Waals surface area contributed by atoms with Crippen LogP contribution in [0.25, 0.3) is 0 Å². The standard InChI is InChI=1S/C16H12N2O10S/c17-5-1-2-7(19)12-10(5)15(22)13-11(16(12)23)6(18-4-9(20)28-24)3-8(14(13)21)29(25,26)27/h1-3,18-19,21,24H,4,17H2,(H,25,26,27). The fraction of sp³-hybridized carbons (Fsp3) is 0.0625. The molecule has 3 rings (SSSR count). The summed E-state index contributed by atoms with van der Waals surface area (Å²) in [5, 5.41) is 31.0. The first-order valence-corrected chi connectivity index (χ1v) is 9.09. The van der Waals surface area contributed by atoms with Crippen molar-refractivity contribution >= 4 is 39.0 Å². The predicted molar refractivity (Wildman–Crippen MR) is 94.5 cm³/mol. The van der Waals surface area contributed by atoms with E-state index in [9.17, 15) is 37.6 Å². The van der Waals surface area contributed by atoms with E-state index in [0.717, 1.165) is 12.1 Å². The van der Waals surface area contributed by atoms with E-state index < -0.39 is 78.5 Å². The maximum atomic E-state index is 13.0. The van der Waals surface area contributed by atoms with Crippen molar-refractivity contribution in [2.45, 2.75) is 4.90 Å². The first-order chi connectivity index (χ1) is 13.5. The van der Waals surface area contributed by atoms with Crippen LogP contribution in [0, 0.1) is 0 Å². The molecule has 0 fully saturated rings. The molecule has 0 spiro atoms. The fourth-order valence-corrected chi connectivity index (χ4v) is 3.59. The van der Waals surface area contributed by atoms with E-state index in [1.165, 1.54) is 0 Å². The smallest absolute Gasteiger partial charge is 0.360 e. The van der Waals surface area contributed by atoms with Gasteiger partial charge in [0, 0.05) is 11.4 Å². The molecule has 7 N–H and O–H groups in total. The van der Waals surface area contributed by atoms with Gasteiger partial charge < -0.3 is 21.3 Å². The molecule has 1 aliphatic rings. The van der Waals surface area contributed by atoms with Crippen molar-refractivity contribution in [3.8, 4) is 11.5 Å². The van der Waals surface area contributed by atoms with Gasteiger partial charge in [-0.25, -0.2) is 4.79 Å². The Morgan fingerprint density at radius 1 is 1.07 bits per heavy atom. The highest BCUT2D eigenvalue weighted by Crippen LogP contribution is 2.44. The number of fused-ring (bicyclic) bond motifs is 2. The molecule has 152 valence electrons. The Labute approximate surface area is 161 Å². The molecule has 0 saturated heterocycles. The quantitative estimate of drug-likeness (QED) is 0.108. The second-order valence-electron chi connectivity index (χ2n) is 5.89. The first-order valence-electron chi connectivity index (χ1n) is 7.65. The molecule has 13 heteroatoms. The number of aromatic hydroxyl groups is 2. The lowest BCUT2D eigenvalue weighted by Gasteiger charge is -2.24. The zero-order valence-corrected chi connectivity index (χ0v) is 15.0. The molecular formula is C16H12N2O10S. The zero-order valence-electron chi connectivity index (χ0n) is 14.2. The van der Waals surface area contributed by atoms with Gasteiger partial charge in [-0.1, -0.05) is 0 Å². The van der Waals surface area contributed by atoms with E-state index in [4.69, 9.17) is 11.0 Å². The molecule has 1 aliphatic carbocycles. The number of carbonyl (C=O) groups is 3. The predicted octanol–water partition coefficient (Wildman–Crippen LogP) is 0.130. The Balaban J connectivity index is 2.37.